The lowest BCUT2D eigenvalue weighted by atomic mass is 10.2. The van der Waals surface area contributed by atoms with Gasteiger partial charge in [0.2, 0.25) is 5.91 Å². The fourth-order valence-corrected chi connectivity index (χ4v) is 2.68. The zero-order valence-corrected chi connectivity index (χ0v) is 11.4. The minimum Gasteiger partial charge on any atom is -0.481 e. The Morgan fingerprint density at radius 2 is 1.95 bits per heavy atom. The molecule has 0 saturated carbocycles. The van der Waals surface area contributed by atoms with Gasteiger partial charge in [-0.3, -0.25) is 9.59 Å². The molecule has 0 radical (unpaired) electrons. The van der Waals surface area contributed by atoms with Gasteiger partial charge in [-0.15, -0.1) is 11.3 Å². The van der Waals surface area contributed by atoms with Crippen LogP contribution in [0.15, 0.2) is 36.4 Å². The number of nitrogens with one attached hydrogen (secondary N) is 1. The van der Waals surface area contributed by atoms with Crippen molar-refractivity contribution in [1.82, 2.24) is 0 Å². The SMILES string of the molecule is NC(=O)c1cccc(NCc2ccc(CC(=O)O)s2)c1. The number of amides is 1. The molecule has 0 atom stereocenters. The first-order chi connectivity index (χ1) is 9.54. The predicted octanol–water partition coefficient (Wildman–Crippen LogP) is 2.09. The first-order valence-electron chi connectivity index (χ1n) is 5.98. The molecule has 1 amide bonds. The zero-order chi connectivity index (χ0) is 14.5. The van der Waals surface area contributed by atoms with Crippen LogP contribution in [0.1, 0.15) is 20.1 Å². The summed E-state index contributed by atoms with van der Waals surface area (Å²) in [6, 6.07) is 10.7. The second kappa shape index (κ2) is 6.21. The standard InChI is InChI=1S/C14H14N2O3S/c15-14(19)9-2-1-3-10(6-9)16-8-12-5-4-11(20-12)7-13(17)18/h1-6,16H,7-8H2,(H2,15,19)(H,17,18). The van der Waals surface area contributed by atoms with E-state index in [0.717, 1.165) is 15.4 Å². The topological polar surface area (TPSA) is 92.4 Å². The van der Waals surface area contributed by atoms with Crippen LogP contribution >= 0.6 is 11.3 Å². The fraction of sp³-hybridized carbons (Fsp3) is 0.143. The van der Waals surface area contributed by atoms with E-state index in [4.69, 9.17) is 10.8 Å². The average Bonchev–Trinajstić information content (AvgIpc) is 2.83. The molecule has 0 aliphatic heterocycles. The summed E-state index contributed by atoms with van der Waals surface area (Å²) in [6.45, 7) is 0.576. The molecule has 1 aromatic carbocycles. The molecule has 20 heavy (non-hydrogen) atoms. The smallest absolute Gasteiger partial charge is 0.308 e. The molecule has 0 aliphatic rings. The van der Waals surface area contributed by atoms with Crippen molar-refractivity contribution in [3.05, 3.63) is 51.7 Å². The van der Waals surface area contributed by atoms with Gasteiger partial charge in [0.25, 0.3) is 0 Å². The van der Waals surface area contributed by atoms with Crippen molar-refractivity contribution in [3.63, 3.8) is 0 Å². The fourth-order valence-electron chi connectivity index (χ4n) is 1.73. The van der Waals surface area contributed by atoms with Gasteiger partial charge in [-0.05, 0) is 30.3 Å². The number of hydrogen-bond acceptors (Lipinski definition) is 4. The summed E-state index contributed by atoms with van der Waals surface area (Å²) in [5.41, 5.74) is 6.47. The van der Waals surface area contributed by atoms with Gasteiger partial charge in [0.05, 0.1) is 6.42 Å². The minimum absolute atomic E-state index is 0.0435. The number of rotatable bonds is 6. The molecule has 0 aliphatic carbocycles. The molecule has 1 heterocycles. The van der Waals surface area contributed by atoms with Gasteiger partial charge in [-0.25, -0.2) is 0 Å². The van der Waals surface area contributed by atoms with Crippen molar-refractivity contribution >= 4 is 28.9 Å². The summed E-state index contributed by atoms with van der Waals surface area (Å²) in [7, 11) is 0. The van der Waals surface area contributed by atoms with Crippen molar-refractivity contribution in [3.8, 4) is 0 Å². The maximum Gasteiger partial charge on any atom is 0.308 e. The Balaban J connectivity index is 1.98. The number of carbonyl (C=O) groups is 2. The quantitative estimate of drug-likeness (QED) is 0.759. The van der Waals surface area contributed by atoms with E-state index in [2.05, 4.69) is 5.32 Å². The summed E-state index contributed by atoms with van der Waals surface area (Å²) in [5.74, 6) is -1.30. The molecular formula is C14H14N2O3S. The van der Waals surface area contributed by atoms with Gasteiger partial charge in [0.1, 0.15) is 0 Å². The zero-order valence-electron chi connectivity index (χ0n) is 10.6. The maximum atomic E-state index is 11.1. The van der Waals surface area contributed by atoms with Crippen LogP contribution in [-0.4, -0.2) is 17.0 Å². The third kappa shape index (κ3) is 3.83. The molecule has 4 N–H and O–H groups in total. The van der Waals surface area contributed by atoms with E-state index < -0.39 is 11.9 Å². The third-order valence-electron chi connectivity index (χ3n) is 2.66. The first-order valence-corrected chi connectivity index (χ1v) is 6.79. The van der Waals surface area contributed by atoms with Crippen molar-refractivity contribution in [2.24, 2.45) is 5.73 Å². The number of carbonyl (C=O) groups excluding carboxylic acids is 1. The second-order valence-corrected chi connectivity index (χ2v) is 5.49. The van der Waals surface area contributed by atoms with Gasteiger partial charge in [0.15, 0.2) is 0 Å². The maximum absolute atomic E-state index is 11.1. The summed E-state index contributed by atoms with van der Waals surface area (Å²) >= 11 is 1.46. The van der Waals surface area contributed by atoms with Crippen molar-refractivity contribution in [2.45, 2.75) is 13.0 Å². The number of hydrogen-bond donors (Lipinski definition) is 3. The molecule has 0 spiro atoms. The Morgan fingerprint density at radius 1 is 1.20 bits per heavy atom. The number of carboxylic acids is 1. The highest BCUT2D eigenvalue weighted by Crippen LogP contribution is 2.19. The van der Waals surface area contributed by atoms with Crippen LogP contribution in [0.5, 0.6) is 0 Å². The van der Waals surface area contributed by atoms with Crippen LogP contribution in [-0.2, 0) is 17.8 Å². The van der Waals surface area contributed by atoms with E-state index in [0.29, 0.717) is 12.1 Å². The molecule has 6 heteroatoms. The summed E-state index contributed by atoms with van der Waals surface area (Å²) in [6.07, 6.45) is 0.0435. The van der Waals surface area contributed by atoms with Crippen LogP contribution in [0.2, 0.25) is 0 Å². The normalized spacial score (nSPS) is 10.2. The monoisotopic (exact) mass is 290 g/mol. The van der Waals surface area contributed by atoms with E-state index in [1.807, 2.05) is 18.2 Å². The van der Waals surface area contributed by atoms with Gasteiger partial charge < -0.3 is 16.2 Å². The summed E-state index contributed by atoms with van der Waals surface area (Å²) < 4.78 is 0. The van der Waals surface area contributed by atoms with Crippen LogP contribution in [0.3, 0.4) is 0 Å². The lowest BCUT2D eigenvalue weighted by molar-refractivity contribution is -0.136. The average molecular weight is 290 g/mol. The van der Waals surface area contributed by atoms with Crippen LogP contribution < -0.4 is 11.1 Å². The number of carboxylic acid groups (broad SMARTS) is 1. The molecule has 5 nitrogen and oxygen atoms in total. The molecule has 0 fully saturated rings. The Kier molecular flexibility index (Phi) is 4.37. The Bertz CT molecular complexity index is 637. The first kappa shape index (κ1) is 14.1. The van der Waals surface area contributed by atoms with Crippen molar-refractivity contribution in [1.29, 1.82) is 0 Å². The highest BCUT2D eigenvalue weighted by atomic mass is 32.1. The lowest BCUT2D eigenvalue weighted by Gasteiger charge is -2.05. The summed E-state index contributed by atoms with van der Waals surface area (Å²) in [4.78, 5) is 23.5. The molecule has 0 bridgehead atoms. The van der Waals surface area contributed by atoms with Crippen molar-refractivity contribution < 1.29 is 14.7 Å². The van der Waals surface area contributed by atoms with Crippen LogP contribution in [0.4, 0.5) is 5.69 Å². The van der Waals surface area contributed by atoms with Gasteiger partial charge in [-0.1, -0.05) is 6.07 Å². The largest absolute Gasteiger partial charge is 0.481 e. The number of anilines is 1. The van der Waals surface area contributed by atoms with Gasteiger partial charge in [0, 0.05) is 27.5 Å². The van der Waals surface area contributed by atoms with E-state index in [1.165, 1.54) is 11.3 Å². The number of thiophene rings is 1. The molecule has 0 unspecified atom stereocenters. The minimum atomic E-state index is -0.833. The molecule has 2 aromatic rings. The molecule has 1 aromatic heterocycles. The molecular weight excluding hydrogens is 276 g/mol. The van der Waals surface area contributed by atoms with Gasteiger partial charge >= 0.3 is 5.97 Å². The predicted molar refractivity (Wildman–Crippen MR) is 77.9 cm³/mol. The highest BCUT2D eigenvalue weighted by molar-refractivity contribution is 7.12. The highest BCUT2D eigenvalue weighted by Gasteiger charge is 2.05. The van der Waals surface area contributed by atoms with E-state index in [-0.39, 0.29) is 6.42 Å². The Hall–Kier alpha value is -2.34. The van der Waals surface area contributed by atoms with Crippen molar-refractivity contribution in [2.75, 3.05) is 5.32 Å². The molecule has 0 saturated heterocycles. The van der Waals surface area contributed by atoms with Crippen LogP contribution in [0, 0.1) is 0 Å². The van der Waals surface area contributed by atoms with E-state index in [1.54, 1.807) is 18.2 Å². The van der Waals surface area contributed by atoms with Crippen LogP contribution in [0.25, 0.3) is 0 Å². The number of aliphatic carboxylic acids is 1. The number of primary amides is 1. The second-order valence-electron chi connectivity index (χ2n) is 4.24. The molecule has 2 rings (SSSR count). The number of benzene rings is 1. The van der Waals surface area contributed by atoms with E-state index >= 15 is 0 Å². The third-order valence-corrected chi connectivity index (χ3v) is 3.74. The number of nitrogens with two attached hydrogens (primary N) is 1. The summed E-state index contributed by atoms with van der Waals surface area (Å²) in [5, 5.41) is 11.9. The lowest BCUT2D eigenvalue weighted by Crippen LogP contribution is -2.11. The Labute approximate surface area is 120 Å². The van der Waals surface area contributed by atoms with E-state index in [9.17, 15) is 9.59 Å². The van der Waals surface area contributed by atoms with Gasteiger partial charge in [-0.2, -0.15) is 0 Å². The molecule has 104 valence electrons. The Morgan fingerprint density at radius 3 is 2.65 bits per heavy atom.